The number of ether oxygens (including phenoxy) is 1. The van der Waals surface area contributed by atoms with E-state index in [1.807, 2.05) is 6.07 Å². The molecule has 0 amide bonds. The van der Waals surface area contributed by atoms with Gasteiger partial charge in [-0.3, -0.25) is 0 Å². The van der Waals surface area contributed by atoms with Crippen LogP contribution in [-0.4, -0.2) is 13.7 Å². The number of furan rings is 1. The van der Waals surface area contributed by atoms with Gasteiger partial charge in [-0.15, -0.1) is 0 Å². The van der Waals surface area contributed by atoms with Gasteiger partial charge in [0, 0.05) is 17.5 Å². The summed E-state index contributed by atoms with van der Waals surface area (Å²) in [6.45, 7) is 5.94. The molecule has 0 aliphatic carbocycles. The topological polar surface area (TPSA) is 34.4 Å². The molecule has 1 heterocycles. The summed E-state index contributed by atoms with van der Waals surface area (Å²) < 4.78 is 10.9. The molecule has 3 heteroatoms. The number of fused-ring (bicyclic) bond motifs is 1. The summed E-state index contributed by atoms with van der Waals surface area (Å²) in [4.78, 5) is 0. The zero-order valence-electron chi connectivity index (χ0n) is 9.96. The molecular weight excluding hydrogens is 202 g/mol. The molecule has 0 spiro atoms. The fourth-order valence-electron chi connectivity index (χ4n) is 1.84. The zero-order valence-corrected chi connectivity index (χ0v) is 9.96. The Morgan fingerprint density at radius 3 is 2.88 bits per heavy atom. The van der Waals surface area contributed by atoms with E-state index < -0.39 is 0 Å². The van der Waals surface area contributed by atoms with Gasteiger partial charge in [0.1, 0.15) is 0 Å². The van der Waals surface area contributed by atoms with Crippen LogP contribution in [0.25, 0.3) is 11.0 Å². The Balaban J connectivity index is 2.49. The molecule has 2 aromatic rings. The van der Waals surface area contributed by atoms with Gasteiger partial charge in [0.05, 0.1) is 13.4 Å². The first-order valence-electron chi connectivity index (χ1n) is 5.51. The molecule has 0 bridgehead atoms. The molecule has 1 aromatic heterocycles. The third kappa shape index (κ3) is 1.91. The highest BCUT2D eigenvalue weighted by atomic mass is 16.5. The number of rotatable bonds is 4. The quantitative estimate of drug-likeness (QED) is 0.858. The maximum absolute atomic E-state index is 5.56. The van der Waals surface area contributed by atoms with E-state index in [1.54, 1.807) is 13.4 Å². The molecular formula is C13H17NO2. The molecule has 0 atom stereocenters. The molecule has 0 unspecified atom stereocenters. The molecule has 0 radical (unpaired) electrons. The highest BCUT2D eigenvalue weighted by molar-refractivity contribution is 5.87. The first-order chi connectivity index (χ1) is 7.76. The van der Waals surface area contributed by atoms with Crippen LogP contribution in [0.4, 0.5) is 0 Å². The number of hydrogen-bond donors (Lipinski definition) is 1. The van der Waals surface area contributed by atoms with Gasteiger partial charge in [0.2, 0.25) is 0 Å². The average Bonchev–Trinajstić information content (AvgIpc) is 2.68. The number of nitrogens with one attached hydrogen (secondary N) is 1. The molecule has 1 aromatic carbocycles. The first-order valence-corrected chi connectivity index (χ1v) is 5.51. The zero-order chi connectivity index (χ0) is 11.5. The van der Waals surface area contributed by atoms with Crippen LogP contribution in [0.5, 0.6) is 5.75 Å². The van der Waals surface area contributed by atoms with Gasteiger partial charge in [0.15, 0.2) is 11.3 Å². The van der Waals surface area contributed by atoms with Crippen molar-refractivity contribution in [3.05, 3.63) is 29.5 Å². The standard InChI is InChI=1S/C13H17NO2/c1-4-14-7-10-8-16-13-11(10)5-9(2)6-12(13)15-3/h5-6,8,14H,4,7H2,1-3H3. The lowest BCUT2D eigenvalue weighted by Crippen LogP contribution is -2.11. The Morgan fingerprint density at radius 2 is 2.19 bits per heavy atom. The monoisotopic (exact) mass is 219 g/mol. The largest absolute Gasteiger partial charge is 0.493 e. The van der Waals surface area contributed by atoms with Crippen LogP contribution in [0.1, 0.15) is 18.1 Å². The molecule has 0 aliphatic rings. The number of benzene rings is 1. The minimum absolute atomic E-state index is 0.803. The van der Waals surface area contributed by atoms with Crippen LogP contribution in [0, 0.1) is 6.92 Å². The van der Waals surface area contributed by atoms with Gasteiger partial charge < -0.3 is 14.5 Å². The SMILES string of the molecule is CCNCc1coc2c(OC)cc(C)cc12. The molecule has 0 aliphatic heterocycles. The predicted molar refractivity (Wildman–Crippen MR) is 64.9 cm³/mol. The lowest BCUT2D eigenvalue weighted by atomic mass is 10.1. The van der Waals surface area contributed by atoms with Gasteiger partial charge in [0.25, 0.3) is 0 Å². The summed E-state index contributed by atoms with van der Waals surface area (Å²) in [7, 11) is 1.67. The van der Waals surface area contributed by atoms with Crippen LogP contribution in [0.3, 0.4) is 0 Å². The van der Waals surface area contributed by atoms with Crippen LogP contribution >= 0.6 is 0 Å². The average molecular weight is 219 g/mol. The highest BCUT2D eigenvalue weighted by Crippen LogP contribution is 2.31. The lowest BCUT2D eigenvalue weighted by molar-refractivity contribution is 0.410. The summed E-state index contributed by atoms with van der Waals surface area (Å²) in [5.41, 5.74) is 3.20. The summed E-state index contributed by atoms with van der Waals surface area (Å²) in [5, 5.41) is 4.44. The van der Waals surface area contributed by atoms with Gasteiger partial charge in [-0.1, -0.05) is 6.92 Å². The van der Waals surface area contributed by atoms with E-state index in [9.17, 15) is 0 Å². The van der Waals surface area contributed by atoms with Crippen LogP contribution in [0.15, 0.2) is 22.8 Å². The Kier molecular flexibility index (Phi) is 3.15. The van der Waals surface area contributed by atoms with E-state index in [0.29, 0.717) is 0 Å². The molecule has 0 saturated heterocycles. The van der Waals surface area contributed by atoms with Crippen molar-refractivity contribution in [2.75, 3.05) is 13.7 Å². The third-order valence-electron chi connectivity index (χ3n) is 2.65. The van der Waals surface area contributed by atoms with E-state index in [-0.39, 0.29) is 0 Å². The van der Waals surface area contributed by atoms with E-state index >= 15 is 0 Å². The van der Waals surface area contributed by atoms with Crippen molar-refractivity contribution >= 4 is 11.0 Å². The summed E-state index contributed by atoms with van der Waals surface area (Å²) >= 11 is 0. The van der Waals surface area contributed by atoms with E-state index in [2.05, 4.69) is 25.2 Å². The van der Waals surface area contributed by atoms with Crippen molar-refractivity contribution in [1.29, 1.82) is 0 Å². The summed E-state index contributed by atoms with van der Waals surface area (Å²) in [6.07, 6.45) is 1.80. The second kappa shape index (κ2) is 4.58. The van der Waals surface area contributed by atoms with Crippen molar-refractivity contribution in [3.8, 4) is 5.75 Å². The normalized spacial score (nSPS) is 10.9. The molecule has 1 N–H and O–H groups in total. The second-order valence-corrected chi connectivity index (χ2v) is 3.89. The van der Waals surface area contributed by atoms with Crippen LogP contribution in [-0.2, 0) is 6.54 Å². The summed E-state index contributed by atoms with van der Waals surface area (Å²) in [5.74, 6) is 0.803. The minimum atomic E-state index is 0.803. The first kappa shape index (κ1) is 11.0. The molecule has 2 rings (SSSR count). The maximum atomic E-state index is 5.56. The highest BCUT2D eigenvalue weighted by Gasteiger charge is 2.10. The molecule has 0 fully saturated rings. The van der Waals surface area contributed by atoms with Crippen molar-refractivity contribution in [2.45, 2.75) is 20.4 Å². The van der Waals surface area contributed by atoms with Gasteiger partial charge in [-0.05, 0) is 31.2 Å². The second-order valence-electron chi connectivity index (χ2n) is 3.89. The van der Waals surface area contributed by atoms with Crippen LogP contribution < -0.4 is 10.1 Å². The minimum Gasteiger partial charge on any atom is -0.493 e. The third-order valence-corrected chi connectivity index (χ3v) is 2.65. The predicted octanol–water partition coefficient (Wildman–Crippen LogP) is 2.86. The number of aryl methyl sites for hydroxylation is 1. The van der Waals surface area contributed by atoms with Crippen molar-refractivity contribution in [1.82, 2.24) is 5.32 Å². The Bertz CT molecular complexity index is 488. The Morgan fingerprint density at radius 1 is 1.38 bits per heavy atom. The Labute approximate surface area is 95.4 Å². The van der Waals surface area contributed by atoms with Gasteiger partial charge >= 0.3 is 0 Å². The number of methoxy groups -OCH3 is 1. The summed E-state index contributed by atoms with van der Waals surface area (Å²) in [6, 6.07) is 4.12. The van der Waals surface area contributed by atoms with Gasteiger partial charge in [-0.25, -0.2) is 0 Å². The lowest BCUT2D eigenvalue weighted by Gasteiger charge is -2.03. The van der Waals surface area contributed by atoms with E-state index in [1.165, 1.54) is 11.1 Å². The van der Waals surface area contributed by atoms with Gasteiger partial charge in [-0.2, -0.15) is 0 Å². The Hall–Kier alpha value is -1.48. The van der Waals surface area contributed by atoms with Crippen molar-refractivity contribution < 1.29 is 9.15 Å². The number of hydrogen-bond acceptors (Lipinski definition) is 3. The molecule has 3 nitrogen and oxygen atoms in total. The molecule has 0 saturated carbocycles. The van der Waals surface area contributed by atoms with Crippen molar-refractivity contribution in [3.63, 3.8) is 0 Å². The fraction of sp³-hybridized carbons (Fsp3) is 0.385. The van der Waals surface area contributed by atoms with E-state index in [0.717, 1.165) is 29.8 Å². The fourth-order valence-corrected chi connectivity index (χ4v) is 1.84. The van der Waals surface area contributed by atoms with Crippen molar-refractivity contribution in [2.24, 2.45) is 0 Å². The molecule has 16 heavy (non-hydrogen) atoms. The molecule has 86 valence electrons. The van der Waals surface area contributed by atoms with Crippen LogP contribution in [0.2, 0.25) is 0 Å². The van der Waals surface area contributed by atoms with E-state index in [4.69, 9.17) is 9.15 Å². The smallest absolute Gasteiger partial charge is 0.176 e. The maximum Gasteiger partial charge on any atom is 0.176 e.